The van der Waals surface area contributed by atoms with Gasteiger partial charge in [-0.3, -0.25) is 0 Å². The highest BCUT2D eigenvalue weighted by molar-refractivity contribution is 14.0. The predicted octanol–water partition coefficient (Wildman–Crippen LogP) is 3.94. The number of nitrogens with one attached hydrogen (secondary N) is 2. The molecule has 7 heteroatoms. The zero-order valence-electron chi connectivity index (χ0n) is 14.8. The molecule has 25 heavy (non-hydrogen) atoms. The van der Waals surface area contributed by atoms with Crippen LogP contribution >= 0.6 is 35.3 Å². The number of phenolic OH excluding ortho intramolecular Hbond substituents is 1. The summed E-state index contributed by atoms with van der Waals surface area (Å²) in [5, 5.41) is 20.8. The molecule has 0 radical (unpaired) electrons. The van der Waals surface area contributed by atoms with Gasteiger partial charge in [-0.1, -0.05) is 6.92 Å². The molecule has 2 rings (SSSR count). The van der Waals surface area contributed by atoms with Gasteiger partial charge in [0.1, 0.15) is 11.5 Å². The predicted molar refractivity (Wildman–Crippen MR) is 116 cm³/mol. The molecule has 138 valence electrons. The number of aromatic hydroxyl groups is 1. The molecule has 3 N–H and O–H groups in total. The Morgan fingerprint density at radius 1 is 1.32 bits per heavy atom. The lowest BCUT2D eigenvalue weighted by Crippen LogP contribution is -2.39. The lowest BCUT2D eigenvalue weighted by Gasteiger charge is -2.15. The van der Waals surface area contributed by atoms with Crippen molar-refractivity contribution in [1.82, 2.24) is 10.6 Å². The van der Waals surface area contributed by atoms with Gasteiger partial charge in [0.15, 0.2) is 5.96 Å². The Bertz CT molecular complexity index is 662. The molecule has 0 aliphatic carbocycles. The number of ether oxygens (including phenoxy) is 1. The van der Waals surface area contributed by atoms with Crippen LogP contribution in [0.2, 0.25) is 0 Å². The SMILES string of the molecule is CCNC(=NCc1cc(OC)ccc1O)NCC(C)c1ccsc1.I. The number of hydrogen-bond acceptors (Lipinski definition) is 4. The molecule has 0 aliphatic rings. The third kappa shape index (κ3) is 6.74. The van der Waals surface area contributed by atoms with E-state index in [1.54, 1.807) is 36.6 Å². The van der Waals surface area contributed by atoms with Crippen LogP contribution in [0.25, 0.3) is 0 Å². The molecule has 1 atom stereocenters. The first kappa shape index (κ1) is 21.6. The van der Waals surface area contributed by atoms with E-state index in [1.165, 1.54) is 5.56 Å². The lowest BCUT2D eigenvalue weighted by molar-refractivity contribution is 0.411. The van der Waals surface area contributed by atoms with Crippen molar-refractivity contribution in [3.05, 3.63) is 46.2 Å². The van der Waals surface area contributed by atoms with Gasteiger partial charge in [-0.2, -0.15) is 11.3 Å². The summed E-state index contributed by atoms with van der Waals surface area (Å²) >= 11 is 1.71. The number of nitrogens with zero attached hydrogens (tertiary/aromatic N) is 1. The number of halogens is 1. The molecule has 1 unspecified atom stereocenters. The summed E-state index contributed by atoms with van der Waals surface area (Å²) in [5.74, 6) is 2.08. The van der Waals surface area contributed by atoms with E-state index in [4.69, 9.17) is 4.74 Å². The van der Waals surface area contributed by atoms with E-state index < -0.39 is 0 Å². The van der Waals surface area contributed by atoms with Crippen molar-refractivity contribution in [3.8, 4) is 11.5 Å². The first-order valence-corrected chi connectivity index (χ1v) is 8.98. The minimum atomic E-state index is 0. The molecule has 0 saturated carbocycles. The van der Waals surface area contributed by atoms with Gasteiger partial charge in [-0.05, 0) is 53.4 Å². The van der Waals surface area contributed by atoms with Crippen LogP contribution in [0.4, 0.5) is 0 Å². The maximum atomic E-state index is 9.95. The van der Waals surface area contributed by atoms with E-state index in [0.29, 0.717) is 18.2 Å². The van der Waals surface area contributed by atoms with Crippen LogP contribution in [-0.2, 0) is 6.54 Å². The van der Waals surface area contributed by atoms with E-state index in [9.17, 15) is 5.11 Å². The Balaban J connectivity index is 0.00000312. The number of phenols is 1. The zero-order chi connectivity index (χ0) is 17.4. The van der Waals surface area contributed by atoms with Crippen LogP contribution in [0.15, 0.2) is 40.0 Å². The molecule has 1 aromatic heterocycles. The topological polar surface area (TPSA) is 65.9 Å². The second kappa shape index (κ2) is 11.2. The Hall–Kier alpha value is -1.48. The van der Waals surface area contributed by atoms with E-state index in [2.05, 4.69) is 39.4 Å². The van der Waals surface area contributed by atoms with Gasteiger partial charge in [-0.15, -0.1) is 24.0 Å². The molecule has 5 nitrogen and oxygen atoms in total. The molecule has 1 heterocycles. The largest absolute Gasteiger partial charge is 0.508 e. The fourth-order valence-electron chi connectivity index (χ4n) is 2.24. The van der Waals surface area contributed by atoms with Crippen molar-refractivity contribution < 1.29 is 9.84 Å². The molecular weight excluding hydrogens is 449 g/mol. The van der Waals surface area contributed by atoms with Crippen molar-refractivity contribution in [3.63, 3.8) is 0 Å². The first-order chi connectivity index (χ1) is 11.6. The van der Waals surface area contributed by atoms with Gasteiger partial charge < -0.3 is 20.5 Å². The third-order valence-corrected chi connectivity index (χ3v) is 4.43. The summed E-state index contributed by atoms with van der Waals surface area (Å²) in [6.07, 6.45) is 0. The molecule has 0 saturated heterocycles. The number of benzene rings is 1. The number of rotatable bonds is 7. The van der Waals surface area contributed by atoms with Gasteiger partial charge in [0, 0.05) is 18.7 Å². The Kier molecular flexibility index (Phi) is 9.66. The fraction of sp³-hybridized carbons (Fsp3) is 0.389. The quantitative estimate of drug-likeness (QED) is 0.323. The summed E-state index contributed by atoms with van der Waals surface area (Å²) in [4.78, 5) is 4.55. The fourth-order valence-corrected chi connectivity index (χ4v) is 3.03. The van der Waals surface area contributed by atoms with E-state index in [0.717, 1.165) is 24.6 Å². The van der Waals surface area contributed by atoms with Crippen LogP contribution < -0.4 is 15.4 Å². The zero-order valence-corrected chi connectivity index (χ0v) is 17.9. The standard InChI is InChI=1S/C18H25N3O2S.HI/c1-4-19-18(20-10-13(2)14-7-8-24-12-14)21-11-15-9-16(23-3)5-6-17(15)22;/h5-9,12-13,22H,4,10-11H2,1-3H3,(H2,19,20,21);1H. The highest BCUT2D eigenvalue weighted by Crippen LogP contribution is 2.23. The van der Waals surface area contributed by atoms with E-state index >= 15 is 0 Å². The van der Waals surface area contributed by atoms with E-state index in [-0.39, 0.29) is 29.7 Å². The molecule has 0 aliphatic heterocycles. The normalized spacial score (nSPS) is 12.2. The highest BCUT2D eigenvalue weighted by atomic mass is 127. The highest BCUT2D eigenvalue weighted by Gasteiger charge is 2.08. The monoisotopic (exact) mass is 475 g/mol. The summed E-state index contributed by atoms with van der Waals surface area (Å²) in [6, 6.07) is 7.31. The Morgan fingerprint density at radius 2 is 2.12 bits per heavy atom. The van der Waals surface area contributed by atoms with Gasteiger partial charge in [-0.25, -0.2) is 4.99 Å². The van der Waals surface area contributed by atoms with Crippen LogP contribution in [0, 0.1) is 0 Å². The Labute approximate surface area is 170 Å². The van der Waals surface area contributed by atoms with Crippen molar-refractivity contribution in [2.75, 3.05) is 20.2 Å². The number of methoxy groups -OCH3 is 1. The molecule has 0 bridgehead atoms. The number of guanidine groups is 1. The molecule has 0 spiro atoms. The van der Waals surface area contributed by atoms with Crippen LogP contribution in [-0.4, -0.2) is 31.3 Å². The second-order valence-electron chi connectivity index (χ2n) is 5.53. The summed E-state index contributed by atoms with van der Waals surface area (Å²) in [5.41, 5.74) is 2.06. The molecule has 0 fully saturated rings. The average molecular weight is 475 g/mol. The number of aliphatic imine (C=N–C) groups is 1. The van der Waals surface area contributed by atoms with Crippen molar-refractivity contribution in [2.24, 2.45) is 4.99 Å². The molecule has 1 aromatic carbocycles. The number of thiophene rings is 1. The van der Waals surface area contributed by atoms with Gasteiger partial charge in [0.2, 0.25) is 0 Å². The average Bonchev–Trinajstić information content (AvgIpc) is 3.13. The van der Waals surface area contributed by atoms with Gasteiger partial charge >= 0.3 is 0 Å². The summed E-state index contributed by atoms with van der Waals surface area (Å²) in [7, 11) is 1.61. The van der Waals surface area contributed by atoms with Gasteiger partial charge in [0.05, 0.1) is 13.7 Å². The van der Waals surface area contributed by atoms with Crippen molar-refractivity contribution in [1.29, 1.82) is 0 Å². The minimum absolute atomic E-state index is 0. The van der Waals surface area contributed by atoms with Crippen LogP contribution in [0.5, 0.6) is 11.5 Å². The van der Waals surface area contributed by atoms with Crippen LogP contribution in [0.3, 0.4) is 0 Å². The third-order valence-electron chi connectivity index (χ3n) is 3.73. The van der Waals surface area contributed by atoms with Crippen LogP contribution in [0.1, 0.15) is 30.9 Å². The first-order valence-electron chi connectivity index (χ1n) is 8.04. The second-order valence-corrected chi connectivity index (χ2v) is 6.31. The minimum Gasteiger partial charge on any atom is -0.508 e. The summed E-state index contributed by atoms with van der Waals surface area (Å²) in [6.45, 7) is 6.18. The maximum absolute atomic E-state index is 9.95. The molecule has 0 amide bonds. The lowest BCUT2D eigenvalue weighted by atomic mass is 10.1. The van der Waals surface area contributed by atoms with Crippen molar-refractivity contribution >= 4 is 41.3 Å². The maximum Gasteiger partial charge on any atom is 0.191 e. The smallest absolute Gasteiger partial charge is 0.191 e. The molecule has 2 aromatic rings. The molecular formula is C18H26IN3O2S. The van der Waals surface area contributed by atoms with Crippen molar-refractivity contribution in [2.45, 2.75) is 26.3 Å². The summed E-state index contributed by atoms with van der Waals surface area (Å²) < 4.78 is 5.19. The van der Waals surface area contributed by atoms with E-state index in [1.807, 2.05) is 6.92 Å². The van der Waals surface area contributed by atoms with Gasteiger partial charge in [0.25, 0.3) is 0 Å². The Morgan fingerprint density at radius 3 is 2.76 bits per heavy atom. The number of hydrogen-bond donors (Lipinski definition) is 3.